The quantitative estimate of drug-likeness (QED) is 0.458. The van der Waals surface area contributed by atoms with Crippen molar-refractivity contribution in [2.75, 3.05) is 12.4 Å². The Labute approximate surface area is 104 Å². The van der Waals surface area contributed by atoms with Crippen LogP contribution in [-0.4, -0.2) is 47.7 Å². The second kappa shape index (κ2) is 9.09. The van der Waals surface area contributed by atoms with E-state index in [0.29, 0.717) is 6.29 Å². The number of halogens is 1. The van der Waals surface area contributed by atoms with Gasteiger partial charge in [-0.25, -0.2) is 0 Å². The van der Waals surface area contributed by atoms with Crippen LogP contribution in [0.5, 0.6) is 0 Å². The summed E-state index contributed by atoms with van der Waals surface area (Å²) in [5, 5.41) is 11.5. The van der Waals surface area contributed by atoms with Crippen LogP contribution < -0.4 is 11.1 Å². The molecule has 0 spiro atoms. The molecule has 0 aromatic carbocycles. The van der Waals surface area contributed by atoms with Gasteiger partial charge in [-0.15, -0.1) is 11.6 Å². The number of carbonyl (C=O) groups is 3. The molecule has 7 heteroatoms. The first-order valence-electron chi connectivity index (χ1n) is 5.27. The van der Waals surface area contributed by atoms with Crippen molar-refractivity contribution in [1.82, 2.24) is 5.32 Å². The van der Waals surface area contributed by atoms with Gasteiger partial charge in [-0.1, -0.05) is 0 Å². The Morgan fingerprint density at radius 1 is 1.59 bits per heavy atom. The molecule has 98 valence electrons. The van der Waals surface area contributed by atoms with Crippen LogP contribution in [0.15, 0.2) is 0 Å². The third-order valence-electron chi connectivity index (χ3n) is 2.25. The van der Waals surface area contributed by atoms with Gasteiger partial charge < -0.3 is 21.0 Å². The average Bonchev–Trinajstić information content (AvgIpc) is 2.82. The minimum absolute atomic E-state index is 0.0764. The number of rotatable bonds is 5. The number of carboxylic acid groups (broad SMARTS) is 1. The van der Waals surface area contributed by atoms with Gasteiger partial charge in [-0.2, -0.15) is 0 Å². The number of aldehydes is 1. The van der Waals surface area contributed by atoms with Crippen molar-refractivity contribution in [3.8, 4) is 0 Å². The summed E-state index contributed by atoms with van der Waals surface area (Å²) in [6, 6.07) is -1.24. The third kappa shape index (κ3) is 7.04. The molecule has 17 heavy (non-hydrogen) atoms. The van der Waals surface area contributed by atoms with E-state index in [2.05, 4.69) is 5.32 Å². The van der Waals surface area contributed by atoms with Gasteiger partial charge in [0.05, 0.1) is 11.9 Å². The molecule has 2 atom stereocenters. The lowest BCUT2D eigenvalue weighted by Gasteiger charge is -2.10. The summed E-state index contributed by atoms with van der Waals surface area (Å²) in [6.07, 6.45) is 2.33. The molecular weight excluding hydrogens is 248 g/mol. The lowest BCUT2D eigenvalue weighted by atomic mass is 10.0. The second-order valence-electron chi connectivity index (χ2n) is 3.59. The molecular formula is C10H17ClN2O4. The van der Waals surface area contributed by atoms with Crippen molar-refractivity contribution >= 4 is 29.6 Å². The first-order chi connectivity index (χ1) is 8.02. The zero-order valence-corrected chi connectivity index (χ0v) is 10.2. The van der Waals surface area contributed by atoms with Crippen LogP contribution in [0.25, 0.3) is 0 Å². The summed E-state index contributed by atoms with van der Waals surface area (Å²) < 4.78 is 0. The Balaban J connectivity index is 0.000000557. The summed E-state index contributed by atoms with van der Waals surface area (Å²) in [4.78, 5) is 30.7. The number of hydrogen-bond acceptors (Lipinski definition) is 5. The van der Waals surface area contributed by atoms with Gasteiger partial charge in [0.1, 0.15) is 12.3 Å². The van der Waals surface area contributed by atoms with Gasteiger partial charge in [-0.05, 0) is 19.4 Å². The number of Topliss-reactive ketones (excluding diaryl/α,β-unsaturated/α-hetero) is 1. The number of aliphatic carboxylic acids is 1. The zero-order chi connectivity index (χ0) is 13.3. The van der Waals surface area contributed by atoms with Crippen molar-refractivity contribution in [3.05, 3.63) is 0 Å². The standard InChI is InChI=1S/C8H14N2O3.C2H3ClO/c9-5(8(12)13)4-7(11)6-2-1-3-10-6;3-1-2-4/h5-6,10H,1-4,9H2,(H,12,13);2H,1H2/t5-,6?;/m0./s1. The van der Waals surface area contributed by atoms with E-state index >= 15 is 0 Å². The van der Waals surface area contributed by atoms with E-state index in [1.807, 2.05) is 0 Å². The molecule has 1 saturated heterocycles. The van der Waals surface area contributed by atoms with Crippen molar-refractivity contribution in [3.63, 3.8) is 0 Å². The van der Waals surface area contributed by atoms with E-state index in [4.69, 9.17) is 27.2 Å². The molecule has 0 amide bonds. The number of nitrogens with two attached hydrogens (primary N) is 1. The average molecular weight is 265 g/mol. The van der Waals surface area contributed by atoms with Gasteiger partial charge in [-0.3, -0.25) is 9.59 Å². The van der Waals surface area contributed by atoms with Crippen LogP contribution in [0, 0.1) is 0 Å². The number of nitrogens with one attached hydrogen (secondary N) is 1. The summed E-state index contributed by atoms with van der Waals surface area (Å²) in [6.45, 7) is 0.832. The van der Waals surface area contributed by atoms with Crippen LogP contribution in [0.4, 0.5) is 0 Å². The summed E-state index contributed by atoms with van der Waals surface area (Å²) >= 11 is 4.82. The lowest BCUT2D eigenvalue weighted by Crippen LogP contribution is -2.39. The highest BCUT2D eigenvalue weighted by molar-refractivity contribution is 6.24. The van der Waals surface area contributed by atoms with E-state index in [-0.39, 0.29) is 24.1 Å². The molecule has 4 N–H and O–H groups in total. The SMILES string of the molecule is N[C@@H](CC(=O)C1CCCN1)C(=O)O.O=CCCl. The van der Waals surface area contributed by atoms with Crippen LogP contribution in [0.2, 0.25) is 0 Å². The second-order valence-corrected chi connectivity index (χ2v) is 3.89. The molecule has 0 saturated carbocycles. The number of hydrogen-bond donors (Lipinski definition) is 3. The smallest absolute Gasteiger partial charge is 0.320 e. The molecule has 1 aliphatic heterocycles. The maximum absolute atomic E-state index is 11.4. The number of carboxylic acids is 1. The number of alkyl halides is 1. The Bertz CT molecular complexity index is 267. The van der Waals surface area contributed by atoms with Crippen LogP contribution >= 0.6 is 11.6 Å². The Morgan fingerprint density at radius 3 is 2.53 bits per heavy atom. The first kappa shape index (κ1) is 16.0. The Kier molecular flexibility index (Phi) is 8.57. The van der Waals surface area contributed by atoms with E-state index in [0.717, 1.165) is 19.4 Å². The molecule has 1 fully saturated rings. The van der Waals surface area contributed by atoms with Crippen molar-refractivity contribution in [2.45, 2.75) is 31.3 Å². The van der Waals surface area contributed by atoms with Crippen LogP contribution in [-0.2, 0) is 14.4 Å². The third-order valence-corrected chi connectivity index (χ3v) is 2.38. The topological polar surface area (TPSA) is 109 Å². The molecule has 0 aromatic rings. The molecule has 1 aliphatic rings. The number of carbonyl (C=O) groups excluding carboxylic acids is 2. The molecule has 0 radical (unpaired) electrons. The summed E-state index contributed by atoms with van der Waals surface area (Å²) in [5.41, 5.74) is 5.24. The van der Waals surface area contributed by atoms with Gasteiger partial charge in [0, 0.05) is 6.42 Å². The van der Waals surface area contributed by atoms with E-state index in [1.54, 1.807) is 0 Å². The highest BCUT2D eigenvalue weighted by Crippen LogP contribution is 2.08. The highest BCUT2D eigenvalue weighted by Gasteiger charge is 2.25. The fourth-order valence-corrected chi connectivity index (χ4v) is 1.41. The predicted molar refractivity (Wildman–Crippen MR) is 63.0 cm³/mol. The van der Waals surface area contributed by atoms with Crippen LogP contribution in [0.3, 0.4) is 0 Å². The minimum atomic E-state index is -1.12. The Morgan fingerprint density at radius 2 is 2.18 bits per heavy atom. The maximum atomic E-state index is 11.4. The summed E-state index contributed by atoms with van der Waals surface area (Å²) in [7, 11) is 0. The van der Waals surface area contributed by atoms with Gasteiger partial charge in [0.2, 0.25) is 0 Å². The van der Waals surface area contributed by atoms with Gasteiger partial charge >= 0.3 is 5.97 Å². The maximum Gasteiger partial charge on any atom is 0.320 e. The van der Waals surface area contributed by atoms with E-state index in [9.17, 15) is 9.59 Å². The Hall–Kier alpha value is -0.980. The summed E-state index contributed by atoms with van der Waals surface area (Å²) in [5.74, 6) is -1.10. The fraction of sp³-hybridized carbons (Fsp3) is 0.700. The monoisotopic (exact) mass is 264 g/mol. The minimum Gasteiger partial charge on any atom is -0.480 e. The fourth-order valence-electron chi connectivity index (χ4n) is 1.41. The molecule has 0 aromatic heterocycles. The van der Waals surface area contributed by atoms with Gasteiger partial charge in [0.15, 0.2) is 5.78 Å². The molecule has 1 heterocycles. The van der Waals surface area contributed by atoms with Crippen molar-refractivity contribution in [2.24, 2.45) is 5.73 Å². The van der Waals surface area contributed by atoms with Crippen molar-refractivity contribution in [1.29, 1.82) is 0 Å². The first-order valence-corrected chi connectivity index (χ1v) is 5.80. The molecule has 0 bridgehead atoms. The van der Waals surface area contributed by atoms with E-state index in [1.165, 1.54) is 0 Å². The highest BCUT2D eigenvalue weighted by atomic mass is 35.5. The molecule has 1 unspecified atom stereocenters. The molecule has 1 rings (SSSR count). The number of ketones is 1. The zero-order valence-electron chi connectivity index (χ0n) is 9.39. The van der Waals surface area contributed by atoms with E-state index < -0.39 is 12.0 Å². The van der Waals surface area contributed by atoms with Crippen LogP contribution in [0.1, 0.15) is 19.3 Å². The predicted octanol–water partition coefficient (Wildman–Crippen LogP) is -0.466. The molecule has 0 aliphatic carbocycles. The van der Waals surface area contributed by atoms with Gasteiger partial charge in [0.25, 0.3) is 0 Å². The molecule has 6 nitrogen and oxygen atoms in total. The largest absolute Gasteiger partial charge is 0.480 e. The normalized spacial score (nSPS) is 20.0. The van der Waals surface area contributed by atoms with Crippen molar-refractivity contribution < 1.29 is 19.5 Å². The lowest BCUT2D eigenvalue weighted by molar-refractivity contribution is -0.140.